The zero-order valence-corrected chi connectivity index (χ0v) is 70.1. The summed E-state index contributed by atoms with van der Waals surface area (Å²) in [4.78, 5) is 4.77. The van der Waals surface area contributed by atoms with Crippen molar-refractivity contribution in [3.8, 4) is 89.0 Å². The Morgan fingerprint density at radius 2 is 0.508 bits per heavy atom. The van der Waals surface area contributed by atoms with E-state index in [1.807, 2.05) is 0 Å². The molecular weight excluding hydrogens is 1460 g/mol. The lowest BCUT2D eigenvalue weighted by Gasteiger charge is -2.24. The SMILES string of the molecule is Cc1ccc2c(-c3ccc(-c4ccccc4)cc3)c3ccccc3c(-c3ccc4c(c3)[Si](C)(C)c3ccccc3-4)c2c1.Cc1ccc2c(-c3ccc4ccccc4c3)c3ccccc3c(-c3ccc4c(c3)N(C)c3ccccc3CC4)c2c1.Cc1ccc2c(-c3ccccc3)c3ccccc3c(-c3ccc4c(c3)N(C)c3ccccc3CC4)c2c1. The molecule has 0 fully saturated rings. The summed E-state index contributed by atoms with van der Waals surface area (Å²) in [7, 11) is 2.64. The number of aryl methyl sites for hydroxylation is 7. The average molecular weight is 1550 g/mol. The quantitative estimate of drug-likeness (QED) is 0.116. The van der Waals surface area contributed by atoms with Crippen LogP contribution in [0.25, 0.3) is 164 Å². The minimum Gasteiger partial charge on any atom is -0.344 e. The van der Waals surface area contributed by atoms with Crippen molar-refractivity contribution in [1.82, 2.24) is 0 Å². The van der Waals surface area contributed by atoms with Gasteiger partial charge in [0.05, 0.1) is 0 Å². The normalized spacial score (nSPS) is 13.0. The van der Waals surface area contributed by atoms with E-state index in [9.17, 15) is 0 Å². The van der Waals surface area contributed by atoms with Gasteiger partial charge in [-0.15, -0.1) is 0 Å². The molecule has 0 atom stereocenters. The fraction of sp³-hybridized carbons (Fsp3) is 0.0940. The molecule has 3 heteroatoms. The van der Waals surface area contributed by atoms with Crippen molar-refractivity contribution in [2.75, 3.05) is 23.9 Å². The molecule has 0 aliphatic carbocycles. The van der Waals surface area contributed by atoms with Gasteiger partial charge in [-0.2, -0.15) is 0 Å². The van der Waals surface area contributed by atoms with Gasteiger partial charge in [-0.1, -0.05) is 382 Å². The Labute approximate surface area is 705 Å². The summed E-state index contributed by atoms with van der Waals surface area (Å²) in [6, 6.07) is 142. The van der Waals surface area contributed by atoms with E-state index in [0.717, 1.165) is 25.7 Å². The molecule has 120 heavy (non-hydrogen) atoms. The number of rotatable bonds is 7. The van der Waals surface area contributed by atoms with Gasteiger partial charge in [0.15, 0.2) is 0 Å². The molecule has 0 N–H and O–H groups in total. The minimum absolute atomic E-state index is 1.05. The van der Waals surface area contributed by atoms with Gasteiger partial charge in [0.1, 0.15) is 8.07 Å². The van der Waals surface area contributed by atoms with Crippen molar-refractivity contribution in [3.63, 3.8) is 0 Å². The molecule has 23 rings (SSSR count). The second kappa shape index (κ2) is 30.2. The van der Waals surface area contributed by atoms with Gasteiger partial charge >= 0.3 is 0 Å². The maximum atomic E-state index is 2.53. The van der Waals surface area contributed by atoms with Gasteiger partial charge in [0.25, 0.3) is 0 Å². The van der Waals surface area contributed by atoms with Crippen molar-refractivity contribution >= 4 is 117 Å². The number of nitrogens with zero attached hydrogens (tertiary/aromatic N) is 2. The van der Waals surface area contributed by atoms with Crippen molar-refractivity contribution in [3.05, 3.63) is 421 Å². The molecule has 0 aromatic heterocycles. The van der Waals surface area contributed by atoms with Crippen LogP contribution in [0.5, 0.6) is 0 Å². The highest BCUT2D eigenvalue weighted by atomic mass is 28.3. The third-order valence-electron chi connectivity index (χ3n) is 26.3. The first-order valence-electron chi connectivity index (χ1n) is 42.6. The molecule has 3 aliphatic heterocycles. The topological polar surface area (TPSA) is 6.48 Å². The Balaban J connectivity index is 0.000000112. The molecule has 0 saturated carbocycles. The van der Waals surface area contributed by atoms with Crippen LogP contribution in [0.3, 0.4) is 0 Å². The van der Waals surface area contributed by atoms with Gasteiger partial charge < -0.3 is 9.80 Å². The second-order valence-electron chi connectivity index (χ2n) is 33.9. The van der Waals surface area contributed by atoms with Crippen LogP contribution in [0.4, 0.5) is 22.7 Å². The van der Waals surface area contributed by atoms with E-state index in [4.69, 9.17) is 0 Å². The average Bonchev–Trinajstić information content (AvgIpc) is 1.52. The Morgan fingerprint density at radius 1 is 0.200 bits per heavy atom. The van der Waals surface area contributed by atoms with E-state index < -0.39 is 8.07 Å². The summed E-state index contributed by atoms with van der Waals surface area (Å²) < 4.78 is 0. The first kappa shape index (κ1) is 73.6. The predicted octanol–water partition coefficient (Wildman–Crippen LogP) is 30.3. The predicted molar refractivity (Wildman–Crippen MR) is 520 cm³/mol. The van der Waals surface area contributed by atoms with Crippen LogP contribution < -0.4 is 20.2 Å². The summed E-state index contributed by atoms with van der Waals surface area (Å²) in [5, 5.41) is 21.3. The number of anilines is 4. The smallest absolute Gasteiger partial charge is 0.113 e. The molecule has 20 aromatic carbocycles. The number of fused-ring (bicyclic) bond motifs is 14. The lowest BCUT2D eigenvalue weighted by Crippen LogP contribution is -2.49. The van der Waals surface area contributed by atoms with E-state index in [-0.39, 0.29) is 0 Å². The second-order valence-corrected chi connectivity index (χ2v) is 38.2. The molecule has 0 saturated heterocycles. The number of para-hydroxylation sites is 2. The number of hydrogen-bond acceptors (Lipinski definition) is 2. The minimum atomic E-state index is -1.79. The van der Waals surface area contributed by atoms with Crippen LogP contribution in [0.1, 0.15) is 38.9 Å². The van der Waals surface area contributed by atoms with E-state index in [0.29, 0.717) is 0 Å². The third kappa shape index (κ3) is 12.8. The summed E-state index contributed by atoms with van der Waals surface area (Å²) >= 11 is 0. The highest BCUT2D eigenvalue weighted by Crippen LogP contribution is 2.51. The third-order valence-corrected chi connectivity index (χ3v) is 29.8. The highest BCUT2D eigenvalue weighted by Gasteiger charge is 2.38. The molecule has 574 valence electrons. The first-order valence-corrected chi connectivity index (χ1v) is 45.6. The van der Waals surface area contributed by atoms with Crippen LogP contribution in [-0.4, -0.2) is 22.2 Å². The standard InChI is InChI=1S/C41H32Si.C40H31N.C36H29N/c1-27-17-23-36-37(25-27)41(31-22-24-33-32-13-9-10-16-38(32)42(2,3)39(33)26-31)35-15-8-7-14-34(35)40(36)30-20-18-29(19-21-30)28-11-5-4-6-12-28;1-26-15-22-35-36(23-26)40(32-21-19-29-18-17-28-10-5-8-14-37(28)41(2)38(29)25-32)34-13-7-6-12-33(34)39(35)31-20-16-27-9-3-4-11-30(27)24-31;1-24-16-21-31-32(22-24)36(30-14-8-7-13-29(30)35(31)27-11-4-3-5-12-27)28-20-19-26-18-17-25-10-6-9-15-33(25)37(2)34(26)23-28/h4-26H,1-3H3;3-16,19-25H,17-18H2,1-2H3;3-16,19-23H,17-18H2,1-2H3. The monoisotopic (exact) mass is 1550 g/mol. The molecule has 3 heterocycles. The molecule has 2 nitrogen and oxygen atoms in total. The van der Waals surface area contributed by atoms with E-state index >= 15 is 0 Å². The fourth-order valence-corrected chi connectivity index (χ4v) is 23.5. The fourth-order valence-electron chi connectivity index (χ4n) is 20.4. The van der Waals surface area contributed by atoms with E-state index in [1.165, 1.54) is 226 Å². The molecule has 3 aliphatic rings. The summed E-state index contributed by atoms with van der Waals surface area (Å²) in [6.45, 7) is 11.6. The van der Waals surface area contributed by atoms with Crippen LogP contribution in [0.2, 0.25) is 13.1 Å². The molecule has 0 spiro atoms. The maximum Gasteiger partial charge on any atom is 0.113 e. The lowest BCUT2D eigenvalue weighted by atomic mass is 9.84. The zero-order valence-electron chi connectivity index (χ0n) is 69.1. The van der Waals surface area contributed by atoms with Gasteiger partial charge in [0.2, 0.25) is 0 Å². The lowest BCUT2D eigenvalue weighted by molar-refractivity contribution is 0.978. The van der Waals surface area contributed by atoms with Crippen molar-refractivity contribution in [1.29, 1.82) is 0 Å². The van der Waals surface area contributed by atoms with Gasteiger partial charge in [-0.25, -0.2) is 0 Å². The van der Waals surface area contributed by atoms with Gasteiger partial charge in [-0.3, -0.25) is 0 Å². The van der Waals surface area contributed by atoms with Crippen molar-refractivity contribution in [2.45, 2.75) is 59.5 Å². The van der Waals surface area contributed by atoms with Crippen LogP contribution in [-0.2, 0) is 25.7 Å². The molecular formula is C117H92N2Si. The Kier molecular flexibility index (Phi) is 18.5. The highest BCUT2D eigenvalue weighted by molar-refractivity contribution is 7.03. The van der Waals surface area contributed by atoms with Crippen LogP contribution in [0, 0.1) is 20.8 Å². The largest absolute Gasteiger partial charge is 0.344 e. The molecule has 0 unspecified atom stereocenters. The van der Waals surface area contributed by atoms with E-state index in [2.05, 4.69) is 440 Å². The van der Waals surface area contributed by atoms with Gasteiger partial charge in [-0.05, 0) is 274 Å². The zero-order chi connectivity index (χ0) is 80.9. The Hall–Kier alpha value is -14.0. The number of benzene rings is 20. The van der Waals surface area contributed by atoms with Crippen LogP contribution >= 0.6 is 0 Å². The van der Waals surface area contributed by atoms with Crippen molar-refractivity contribution < 1.29 is 0 Å². The molecule has 20 aromatic rings. The summed E-state index contributed by atoms with van der Waals surface area (Å²) in [5.74, 6) is 0. The molecule has 0 amide bonds. The Bertz CT molecular complexity index is 7500. The number of hydrogen-bond donors (Lipinski definition) is 0. The van der Waals surface area contributed by atoms with Gasteiger partial charge in [0, 0.05) is 36.8 Å². The van der Waals surface area contributed by atoms with Crippen LogP contribution in [0.15, 0.2) is 382 Å². The molecule has 0 radical (unpaired) electrons. The molecule has 0 bridgehead atoms. The van der Waals surface area contributed by atoms with Crippen molar-refractivity contribution in [2.24, 2.45) is 0 Å². The summed E-state index contributed by atoms with van der Waals surface area (Å²) in [6.07, 6.45) is 4.26. The van der Waals surface area contributed by atoms with E-state index in [1.54, 1.807) is 10.4 Å². The maximum absolute atomic E-state index is 2.53. The Morgan fingerprint density at radius 3 is 0.992 bits per heavy atom. The summed E-state index contributed by atoms with van der Waals surface area (Å²) in [5.41, 5.74) is 35.6. The first-order chi connectivity index (χ1) is 58.8.